The molecule has 1 unspecified atom stereocenters. The third-order valence-corrected chi connectivity index (χ3v) is 3.44. The van der Waals surface area contributed by atoms with Crippen LogP contribution in [0.3, 0.4) is 0 Å². The van der Waals surface area contributed by atoms with Gasteiger partial charge in [-0.1, -0.05) is 12.1 Å². The van der Waals surface area contributed by atoms with Crippen molar-refractivity contribution in [1.29, 1.82) is 0 Å². The van der Waals surface area contributed by atoms with Crippen molar-refractivity contribution in [3.8, 4) is 0 Å². The zero-order valence-corrected chi connectivity index (χ0v) is 9.94. The van der Waals surface area contributed by atoms with Crippen molar-refractivity contribution in [3.63, 3.8) is 0 Å². The molecule has 0 saturated heterocycles. The minimum absolute atomic E-state index is 0.0529. The first kappa shape index (κ1) is 11.3. The molecule has 1 nitrogen and oxygen atoms in total. The molecule has 2 heteroatoms. The van der Waals surface area contributed by atoms with Gasteiger partial charge in [-0.3, -0.25) is 4.79 Å². The van der Waals surface area contributed by atoms with Crippen LogP contribution in [-0.2, 0) is 0 Å². The lowest BCUT2D eigenvalue weighted by atomic mass is 10.0. The fraction of sp³-hybridized carbons (Fsp3) is 0.417. The van der Waals surface area contributed by atoms with E-state index in [1.807, 2.05) is 38.3 Å². The Morgan fingerprint density at radius 2 is 1.93 bits per heavy atom. The Balaban J connectivity index is 2.97. The van der Waals surface area contributed by atoms with E-state index < -0.39 is 0 Å². The summed E-state index contributed by atoms with van der Waals surface area (Å²) < 4.78 is 0. The highest BCUT2D eigenvalue weighted by Crippen LogP contribution is 2.16. The average Bonchev–Trinajstić information content (AvgIpc) is 2.20. The highest BCUT2D eigenvalue weighted by Gasteiger charge is 2.13. The number of benzene rings is 1. The van der Waals surface area contributed by atoms with Crippen LogP contribution in [0.4, 0.5) is 0 Å². The molecule has 76 valence electrons. The topological polar surface area (TPSA) is 17.1 Å². The quantitative estimate of drug-likeness (QED) is 0.709. The highest BCUT2D eigenvalue weighted by atomic mass is 32.2. The summed E-state index contributed by atoms with van der Waals surface area (Å²) in [7, 11) is 0. The maximum absolute atomic E-state index is 11.8. The average molecular weight is 208 g/mol. The van der Waals surface area contributed by atoms with Gasteiger partial charge in [0, 0.05) is 5.56 Å². The Morgan fingerprint density at radius 3 is 2.43 bits per heavy atom. The second-order valence-corrected chi connectivity index (χ2v) is 4.72. The van der Waals surface area contributed by atoms with Crippen LogP contribution in [0.2, 0.25) is 0 Å². The molecule has 1 aromatic carbocycles. The zero-order chi connectivity index (χ0) is 10.7. The molecule has 0 fully saturated rings. The van der Waals surface area contributed by atoms with Crippen LogP contribution < -0.4 is 0 Å². The van der Waals surface area contributed by atoms with E-state index in [-0.39, 0.29) is 11.0 Å². The second kappa shape index (κ2) is 4.65. The van der Waals surface area contributed by atoms with Gasteiger partial charge in [-0.25, -0.2) is 0 Å². The Hall–Kier alpha value is -0.760. The molecule has 0 aromatic heterocycles. The van der Waals surface area contributed by atoms with Crippen LogP contribution in [0.25, 0.3) is 0 Å². The number of carbonyl (C=O) groups is 1. The van der Waals surface area contributed by atoms with Crippen molar-refractivity contribution in [1.82, 2.24) is 0 Å². The van der Waals surface area contributed by atoms with Crippen molar-refractivity contribution in [2.75, 3.05) is 6.26 Å². The normalized spacial score (nSPS) is 12.6. The molecule has 1 atom stereocenters. The number of hydrogen-bond acceptors (Lipinski definition) is 2. The summed E-state index contributed by atoms with van der Waals surface area (Å²) in [5, 5.41) is 0.0529. The molecule has 0 aliphatic heterocycles. The molecule has 0 spiro atoms. The van der Waals surface area contributed by atoms with E-state index in [0.29, 0.717) is 0 Å². The molecule has 0 radical (unpaired) electrons. The van der Waals surface area contributed by atoms with Crippen molar-refractivity contribution in [2.45, 2.75) is 26.0 Å². The van der Waals surface area contributed by atoms with Gasteiger partial charge in [0.2, 0.25) is 0 Å². The Kier molecular flexibility index (Phi) is 3.76. The number of ketones is 1. The number of rotatable bonds is 3. The molecule has 0 aliphatic carbocycles. The number of thioether (sulfide) groups is 1. The van der Waals surface area contributed by atoms with E-state index in [9.17, 15) is 4.79 Å². The van der Waals surface area contributed by atoms with Gasteiger partial charge in [-0.05, 0) is 44.2 Å². The van der Waals surface area contributed by atoms with Crippen LogP contribution in [0, 0.1) is 13.8 Å². The SMILES string of the molecule is CSC(C)C(=O)c1ccc(C)c(C)c1. The maximum Gasteiger partial charge on any atom is 0.175 e. The molecular formula is C12H16OS. The van der Waals surface area contributed by atoms with Crippen molar-refractivity contribution in [3.05, 3.63) is 34.9 Å². The smallest absolute Gasteiger partial charge is 0.175 e. The van der Waals surface area contributed by atoms with Crippen molar-refractivity contribution < 1.29 is 4.79 Å². The first-order valence-electron chi connectivity index (χ1n) is 4.70. The van der Waals surface area contributed by atoms with E-state index >= 15 is 0 Å². The number of carbonyl (C=O) groups excluding carboxylic acids is 1. The summed E-state index contributed by atoms with van der Waals surface area (Å²) in [6.07, 6.45) is 1.96. The first-order valence-corrected chi connectivity index (χ1v) is 5.99. The van der Waals surface area contributed by atoms with Crippen LogP contribution >= 0.6 is 11.8 Å². The highest BCUT2D eigenvalue weighted by molar-refractivity contribution is 7.99. The Morgan fingerprint density at radius 1 is 1.29 bits per heavy atom. The molecule has 0 bridgehead atoms. The summed E-state index contributed by atoms with van der Waals surface area (Å²) in [6.45, 7) is 6.04. The summed E-state index contributed by atoms with van der Waals surface area (Å²) in [4.78, 5) is 11.8. The van der Waals surface area contributed by atoms with E-state index in [1.54, 1.807) is 11.8 Å². The lowest BCUT2D eigenvalue weighted by Crippen LogP contribution is -2.13. The lowest BCUT2D eigenvalue weighted by Gasteiger charge is -2.08. The van der Waals surface area contributed by atoms with Crippen LogP contribution in [0.15, 0.2) is 18.2 Å². The standard InChI is InChI=1S/C12H16OS/c1-8-5-6-11(7-9(8)2)12(13)10(3)14-4/h5-7,10H,1-4H3. The Bertz CT molecular complexity index is 344. The van der Waals surface area contributed by atoms with Crippen molar-refractivity contribution in [2.24, 2.45) is 0 Å². The Labute approximate surface area is 89.9 Å². The molecule has 0 amide bonds. The predicted molar refractivity (Wildman–Crippen MR) is 63.2 cm³/mol. The lowest BCUT2D eigenvalue weighted by molar-refractivity contribution is 0.0994. The molecule has 0 heterocycles. The van der Waals surface area contributed by atoms with Crippen LogP contribution in [0.5, 0.6) is 0 Å². The third kappa shape index (κ3) is 2.38. The van der Waals surface area contributed by atoms with E-state index in [0.717, 1.165) is 5.56 Å². The zero-order valence-electron chi connectivity index (χ0n) is 9.13. The molecular weight excluding hydrogens is 192 g/mol. The van der Waals surface area contributed by atoms with Gasteiger partial charge in [-0.2, -0.15) is 11.8 Å². The fourth-order valence-corrected chi connectivity index (χ4v) is 1.59. The molecule has 0 N–H and O–H groups in total. The largest absolute Gasteiger partial charge is 0.293 e. The van der Waals surface area contributed by atoms with Crippen LogP contribution in [0.1, 0.15) is 28.4 Å². The van der Waals surface area contributed by atoms with Crippen LogP contribution in [-0.4, -0.2) is 17.3 Å². The van der Waals surface area contributed by atoms with Gasteiger partial charge in [0.1, 0.15) is 0 Å². The molecule has 14 heavy (non-hydrogen) atoms. The maximum atomic E-state index is 11.8. The molecule has 1 aromatic rings. The third-order valence-electron chi connectivity index (χ3n) is 2.51. The number of hydrogen-bond donors (Lipinski definition) is 0. The first-order chi connectivity index (χ1) is 6.56. The summed E-state index contributed by atoms with van der Waals surface area (Å²) in [6, 6.07) is 5.90. The van der Waals surface area contributed by atoms with E-state index in [2.05, 4.69) is 6.92 Å². The van der Waals surface area contributed by atoms with E-state index in [4.69, 9.17) is 0 Å². The number of aryl methyl sites for hydroxylation is 2. The van der Waals surface area contributed by atoms with Gasteiger partial charge in [0.15, 0.2) is 5.78 Å². The summed E-state index contributed by atoms with van der Waals surface area (Å²) >= 11 is 1.59. The van der Waals surface area contributed by atoms with E-state index in [1.165, 1.54) is 11.1 Å². The van der Waals surface area contributed by atoms with Gasteiger partial charge in [0.25, 0.3) is 0 Å². The monoisotopic (exact) mass is 208 g/mol. The van der Waals surface area contributed by atoms with Gasteiger partial charge in [0.05, 0.1) is 5.25 Å². The molecule has 0 saturated carbocycles. The minimum atomic E-state index is 0.0529. The van der Waals surface area contributed by atoms with Crippen molar-refractivity contribution >= 4 is 17.5 Å². The molecule has 1 rings (SSSR count). The van der Waals surface area contributed by atoms with Gasteiger partial charge < -0.3 is 0 Å². The molecule has 0 aliphatic rings. The predicted octanol–water partition coefficient (Wildman–Crippen LogP) is 3.24. The second-order valence-electron chi connectivity index (χ2n) is 3.54. The van der Waals surface area contributed by atoms with Gasteiger partial charge >= 0.3 is 0 Å². The van der Waals surface area contributed by atoms with Gasteiger partial charge in [-0.15, -0.1) is 0 Å². The summed E-state index contributed by atoms with van der Waals surface area (Å²) in [5.74, 6) is 0.223. The fourth-order valence-electron chi connectivity index (χ4n) is 1.24. The minimum Gasteiger partial charge on any atom is -0.293 e. The summed E-state index contributed by atoms with van der Waals surface area (Å²) in [5.41, 5.74) is 3.25. The number of Topliss-reactive ketones (excluding diaryl/α,β-unsaturated/α-hetero) is 1.